The molecule has 0 radical (unpaired) electrons. The predicted molar refractivity (Wildman–Crippen MR) is 81.8 cm³/mol. The van der Waals surface area contributed by atoms with Gasteiger partial charge in [-0.25, -0.2) is 4.98 Å². The third-order valence-electron chi connectivity index (χ3n) is 4.72. The summed E-state index contributed by atoms with van der Waals surface area (Å²) < 4.78 is 2.10. The van der Waals surface area contributed by atoms with E-state index in [2.05, 4.69) is 35.5 Å². The molecule has 1 unspecified atom stereocenters. The number of aliphatic hydroxyl groups excluding tert-OH is 1. The first-order valence-electron chi connectivity index (χ1n) is 7.73. The molecule has 0 spiro atoms. The van der Waals surface area contributed by atoms with Gasteiger partial charge in [0.15, 0.2) is 0 Å². The van der Waals surface area contributed by atoms with Crippen LogP contribution in [0, 0.1) is 19.8 Å². The van der Waals surface area contributed by atoms with E-state index in [1.54, 1.807) is 0 Å². The maximum atomic E-state index is 10.3. The minimum atomic E-state index is -0.253. The number of rotatable bonds is 4. The number of aromatic nitrogens is 2. The topological polar surface area (TPSA) is 38.0 Å². The number of imidazole rings is 1. The second-order valence-electron chi connectivity index (χ2n) is 6.36. The molecule has 1 atom stereocenters. The van der Waals surface area contributed by atoms with Gasteiger partial charge >= 0.3 is 0 Å². The van der Waals surface area contributed by atoms with E-state index in [9.17, 15) is 5.11 Å². The van der Waals surface area contributed by atoms with Gasteiger partial charge in [0.2, 0.25) is 0 Å². The van der Waals surface area contributed by atoms with Crippen molar-refractivity contribution in [3.05, 3.63) is 29.6 Å². The molecule has 0 bridgehead atoms. The lowest BCUT2D eigenvalue weighted by atomic mass is 10.00. The zero-order valence-electron chi connectivity index (χ0n) is 12.5. The van der Waals surface area contributed by atoms with Crippen molar-refractivity contribution in [1.29, 1.82) is 0 Å². The van der Waals surface area contributed by atoms with E-state index in [4.69, 9.17) is 0 Å². The number of fused-ring (bicyclic) bond motifs is 1. The van der Waals surface area contributed by atoms with Crippen molar-refractivity contribution >= 4 is 11.0 Å². The Morgan fingerprint density at radius 1 is 1.25 bits per heavy atom. The van der Waals surface area contributed by atoms with Gasteiger partial charge in [-0.15, -0.1) is 0 Å². The summed E-state index contributed by atoms with van der Waals surface area (Å²) in [6.07, 6.45) is 7.80. The molecule has 1 aliphatic rings. The number of nitrogens with zero attached hydrogens (tertiary/aromatic N) is 2. The SMILES string of the molecule is Cc1cc2ncn(CC(O)CC3CCCC3)c2cc1C. The molecular formula is C17H24N2O. The molecule has 0 saturated heterocycles. The fourth-order valence-electron chi connectivity index (χ4n) is 3.39. The van der Waals surface area contributed by atoms with Crippen molar-refractivity contribution in [2.75, 3.05) is 0 Å². The van der Waals surface area contributed by atoms with Gasteiger partial charge in [-0.05, 0) is 49.4 Å². The smallest absolute Gasteiger partial charge is 0.0959 e. The summed E-state index contributed by atoms with van der Waals surface area (Å²) in [5.41, 5.74) is 4.72. The first kappa shape index (κ1) is 13.6. The lowest BCUT2D eigenvalue weighted by Gasteiger charge is -2.16. The summed E-state index contributed by atoms with van der Waals surface area (Å²) in [4.78, 5) is 4.46. The van der Waals surface area contributed by atoms with E-state index in [1.807, 2.05) is 6.33 Å². The zero-order valence-corrected chi connectivity index (χ0v) is 12.5. The molecule has 1 heterocycles. The van der Waals surface area contributed by atoms with Gasteiger partial charge < -0.3 is 9.67 Å². The third-order valence-corrected chi connectivity index (χ3v) is 4.72. The van der Waals surface area contributed by atoms with Crippen LogP contribution in [0.15, 0.2) is 18.5 Å². The summed E-state index contributed by atoms with van der Waals surface area (Å²) in [5.74, 6) is 0.726. The molecular weight excluding hydrogens is 248 g/mol. The van der Waals surface area contributed by atoms with E-state index in [0.29, 0.717) is 6.54 Å². The Hall–Kier alpha value is -1.35. The van der Waals surface area contributed by atoms with Crippen LogP contribution in [0.5, 0.6) is 0 Å². The van der Waals surface area contributed by atoms with Gasteiger partial charge in [-0.3, -0.25) is 0 Å². The lowest BCUT2D eigenvalue weighted by molar-refractivity contribution is 0.125. The zero-order chi connectivity index (χ0) is 14.1. The number of benzene rings is 1. The number of aliphatic hydroxyl groups is 1. The second-order valence-corrected chi connectivity index (χ2v) is 6.36. The highest BCUT2D eigenvalue weighted by Crippen LogP contribution is 2.29. The van der Waals surface area contributed by atoms with Crippen molar-refractivity contribution < 1.29 is 5.11 Å². The summed E-state index contributed by atoms with van der Waals surface area (Å²) in [6.45, 7) is 4.90. The van der Waals surface area contributed by atoms with E-state index in [-0.39, 0.29) is 6.10 Å². The highest BCUT2D eigenvalue weighted by molar-refractivity contribution is 5.77. The molecule has 3 nitrogen and oxygen atoms in total. The van der Waals surface area contributed by atoms with Crippen LogP contribution in [-0.4, -0.2) is 20.8 Å². The van der Waals surface area contributed by atoms with E-state index in [1.165, 1.54) is 36.8 Å². The van der Waals surface area contributed by atoms with Crippen LogP contribution < -0.4 is 0 Å². The average Bonchev–Trinajstić information content (AvgIpc) is 3.02. The van der Waals surface area contributed by atoms with Gasteiger partial charge in [-0.1, -0.05) is 25.7 Å². The summed E-state index contributed by atoms with van der Waals surface area (Å²) in [7, 11) is 0. The molecule has 1 fully saturated rings. The number of hydrogen-bond acceptors (Lipinski definition) is 2. The van der Waals surface area contributed by atoms with Gasteiger partial charge in [0.05, 0.1) is 30.0 Å². The molecule has 1 aromatic heterocycles. The molecule has 0 amide bonds. The Kier molecular flexibility index (Phi) is 3.79. The van der Waals surface area contributed by atoms with Crippen LogP contribution in [0.4, 0.5) is 0 Å². The molecule has 2 aromatic rings. The molecule has 108 valence electrons. The highest BCUT2D eigenvalue weighted by atomic mass is 16.3. The van der Waals surface area contributed by atoms with Crippen molar-refractivity contribution in [1.82, 2.24) is 9.55 Å². The summed E-state index contributed by atoms with van der Waals surface area (Å²) in [5, 5.41) is 10.3. The molecule has 3 rings (SSSR count). The summed E-state index contributed by atoms with van der Waals surface area (Å²) >= 11 is 0. The van der Waals surface area contributed by atoms with Crippen molar-refractivity contribution in [2.45, 2.75) is 58.6 Å². The molecule has 3 heteroatoms. The maximum Gasteiger partial charge on any atom is 0.0959 e. The van der Waals surface area contributed by atoms with Crippen LogP contribution in [0.25, 0.3) is 11.0 Å². The minimum absolute atomic E-state index is 0.253. The number of aryl methyl sites for hydroxylation is 2. The molecule has 1 saturated carbocycles. The normalized spacial score (nSPS) is 17.9. The maximum absolute atomic E-state index is 10.3. The largest absolute Gasteiger partial charge is 0.391 e. The third kappa shape index (κ3) is 2.73. The van der Waals surface area contributed by atoms with Gasteiger partial charge in [0.25, 0.3) is 0 Å². The first-order chi connectivity index (χ1) is 9.63. The summed E-state index contributed by atoms with van der Waals surface area (Å²) in [6, 6.07) is 4.31. The number of hydrogen-bond donors (Lipinski definition) is 1. The Labute approximate surface area is 120 Å². The van der Waals surface area contributed by atoms with Crippen LogP contribution in [0.3, 0.4) is 0 Å². The molecule has 0 aliphatic heterocycles. The average molecular weight is 272 g/mol. The molecule has 1 aliphatic carbocycles. The van der Waals surface area contributed by atoms with E-state index in [0.717, 1.165) is 23.4 Å². The van der Waals surface area contributed by atoms with Crippen molar-refractivity contribution in [2.24, 2.45) is 5.92 Å². The molecule has 1 N–H and O–H groups in total. The monoisotopic (exact) mass is 272 g/mol. The van der Waals surface area contributed by atoms with Crippen LogP contribution in [0.2, 0.25) is 0 Å². The second kappa shape index (κ2) is 5.57. The lowest BCUT2D eigenvalue weighted by Crippen LogP contribution is -2.18. The Balaban J connectivity index is 1.75. The van der Waals surface area contributed by atoms with Gasteiger partial charge in [0, 0.05) is 0 Å². The van der Waals surface area contributed by atoms with Crippen LogP contribution >= 0.6 is 0 Å². The van der Waals surface area contributed by atoms with Crippen LogP contribution in [0.1, 0.15) is 43.2 Å². The van der Waals surface area contributed by atoms with E-state index >= 15 is 0 Å². The van der Waals surface area contributed by atoms with E-state index < -0.39 is 0 Å². The Bertz CT molecular complexity index is 596. The standard InChI is InChI=1S/C17H24N2O/c1-12-7-16-17(8-13(12)2)19(11-18-16)10-15(20)9-14-5-3-4-6-14/h7-8,11,14-15,20H,3-6,9-10H2,1-2H3. The molecule has 20 heavy (non-hydrogen) atoms. The van der Waals surface area contributed by atoms with Crippen molar-refractivity contribution in [3.63, 3.8) is 0 Å². The Morgan fingerprint density at radius 3 is 2.70 bits per heavy atom. The molecule has 1 aromatic carbocycles. The van der Waals surface area contributed by atoms with Gasteiger partial charge in [0.1, 0.15) is 0 Å². The highest BCUT2D eigenvalue weighted by Gasteiger charge is 2.19. The first-order valence-corrected chi connectivity index (χ1v) is 7.73. The Morgan fingerprint density at radius 2 is 1.95 bits per heavy atom. The fraction of sp³-hybridized carbons (Fsp3) is 0.588. The van der Waals surface area contributed by atoms with Crippen LogP contribution in [-0.2, 0) is 6.54 Å². The van der Waals surface area contributed by atoms with Gasteiger partial charge in [-0.2, -0.15) is 0 Å². The van der Waals surface area contributed by atoms with Crippen molar-refractivity contribution in [3.8, 4) is 0 Å². The quantitative estimate of drug-likeness (QED) is 0.923. The minimum Gasteiger partial charge on any atom is -0.391 e. The predicted octanol–water partition coefficient (Wildman–Crippen LogP) is 3.59. The fourth-order valence-corrected chi connectivity index (χ4v) is 3.39.